The van der Waals surface area contributed by atoms with Gasteiger partial charge in [0.05, 0.1) is 12.7 Å². The first kappa shape index (κ1) is 53.1. The van der Waals surface area contributed by atoms with E-state index in [1.54, 1.807) is 12.1 Å². The van der Waals surface area contributed by atoms with Gasteiger partial charge in [0.25, 0.3) is 11.5 Å². The average molecular weight is 974 g/mol. The summed E-state index contributed by atoms with van der Waals surface area (Å²) >= 11 is 0. The van der Waals surface area contributed by atoms with Gasteiger partial charge in [0, 0.05) is 56.4 Å². The average Bonchev–Trinajstić information content (AvgIpc) is 3.71. The van der Waals surface area contributed by atoms with Gasteiger partial charge in [0.2, 0.25) is 29.6 Å². The molecular formula is C40H51N11O18. The Morgan fingerprint density at radius 2 is 1.00 bits per heavy atom. The van der Waals surface area contributed by atoms with Crippen LogP contribution in [0.3, 0.4) is 0 Å². The van der Waals surface area contributed by atoms with Gasteiger partial charge in [-0.3, -0.25) is 57.7 Å². The zero-order valence-corrected chi connectivity index (χ0v) is 36.5. The van der Waals surface area contributed by atoms with E-state index >= 15 is 0 Å². The second kappa shape index (κ2) is 24.3. The van der Waals surface area contributed by atoms with Crippen LogP contribution in [0.25, 0.3) is 0 Å². The maximum atomic E-state index is 13.7. The standard InChI is InChI=1S/C40H51N11O18/c41-40-48-32-31(38(67)49-40)51-17-50(16-20(51)15-42-32)19-3-1-18(2-4-19)33(62)43-21(5-10-26(52)53)34(63)44-22(6-11-27(54)55)35(64)45-23(7-12-28(56)57)36(65)46-24(8-13-29(58)59)37(66)47-25(39(68)69)9-14-30(60)61/h1-4,20-25H,5-17H2,(H,43,62)(H,44,63)(H,45,64)(H,46,65)(H,47,66)(H,52,53)(H,54,55)(H,56,57)(H,58,59)(H,60,61)(H,68,69)(H4,41,42,48,49,67)/t20-,21+,22+,23+,24+,25+/m1/s1. The fourth-order valence-corrected chi connectivity index (χ4v) is 7.24. The summed E-state index contributed by atoms with van der Waals surface area (Å²) in [7, 11) is 0. The van der Waals surface area contributed by atoms with Gasteiger partial charge in [-0.1, -0.05) is 0 Å². The van der Waals surface area contributed by atoms with Crippen LogP contribution in [0.5, 0.6) is 0 Å². The van der Waals surface area contributed by atoms with Gasteiger partial charge >= 0.3 is 35.8 Å². The number of hydrogen-bond acceptors (Lipinski definition) is 17. The third-order valence-corrected chi connectivity index (χ3v) is 10.8. The molecule has 0 aliphatic carbocycles. The lowest BCUT2D eigenvalue weighted by atomic mass is 10.0. The number of aliphatic carboxylic acids is 6. The number of amides is 5. The van der Waals surface area contributed by atoms with E-state index in [1.165, 1.54) is 12.1 Å². The summed E-state index contributed by atoms with van der Waals surface area (Å²) < 4.78 is 0. The number of nitrogens with one attached hydrogen (secondary N) is 7. The van der Waals surface area contributed by atoms with E-state index in [0.717, 1.165) is 0 Å². The van der Waals surface area contributed by atoms with Crippen LogP contribution >= 0.6 is 0 Å². The smallest absolute Gasteiger partial charge is 0.326 e. The Hall–Kier alpha value is -8.53. The highest BCUT2D eigenvalue weighted by atomic mass is 16.4. The number of carboxylic acids is 6. The number of nitrogens with zero attached hydrogens (tertiary/aromatic N) is 3. The summed E-state index contributed by atoms with van der Waals surface area (Å²) in [5.41, 5.74) is 6.21. The number of carboxylic acid groups (broad SMARTS) is 6. The minimum absolute atomic E-state index is 0.00784. The van der Waals surface area contributed by atoms with E-state index < -0.39 is 165 Å². The highest BCUT2D eigenvalue weighted by Gasteiger charge is 2.38. The molecule has 2 aliphatic rings. The molecule has 0 saturated carbocycles. The number of H-pyrrole nitrogens is 1. The highest BCUT2D eigenvalue weighted by molar-refractivity contribution is 5.99. The number of nitrogen functional groups attached to an aromatic ring is 1. The van der Waals surface area contributed by atoms with Crippen molar-refractivity contribution in [3.63, 3.8) is 0 Å². The van der Waals surface area contributed by atoms with E-state index in [-0.39, 0.29) is 24.2 Å². The van der Waals surface area contributed by atoms with Crippen molar-refractivity contribution in [3.05, 3.63) is 40.2 Å². The van der Waals surface area contributed by atoms with Gasteiger partial charge in [-0.2, -0.15) is 4.98 Å². The van der Waals surface area contributed by atoms with Crippen molar-refractivity contribution in [2.45, 2.75) is 100 Å². The fraction of sp³-hybridized carbons (Fsp3) is 0.475. The van der Waals surface area contributed by atoms with Crippen molar-refractivity contribution < 1.29 is 83.4 Å². The van der Waals surface area contributed by atoms with Crippen LogP contribution in [0.15, 0.2) is 29.1 Å². The number of rotatable bonds is 27. The number of fused-ring (bicyclic) bond motifs is 3. The van der Waals surface area contributed by atoms with Gasteiger partial charge < -0.3 is 78.1 Å². The van der Waals surface area contributed by atoms with Gasteiger partial charge in [-0.25, -0.2) is 4.79 Å². The monoisotopic (exact) mass is 973 g/mol. The van der Waals surface area contributed by atoms with E-state index in [2.05, 4.69) is 36.6 Å². The summed E-state index contributed by atoms with van der Waals surface area (Å²) in [6.45, 7) is 1.20. The van der Waals surface area contributed by atoms with Gasteiger partial charge in [-0.15, -0.1) is 0 Å². The molecule has 0 unspecified atom stereocenters. The SMILES string of the molecule is Nc1nc2c(c(=O)[nH]1)N1CN(c3ccc(C(=O)N[C@@H](CCC(=O)O)C(=O)N[C@@H](CCC(=O)O)C(=O)N[C@@H](CCC(=O)O)C(=O)N[C@@H](CCC(=O)O)C(=O)N[C@@H](CCC(=O)O)C(=O)O)cc3)C[C@H]1CN2. The van der Waals surface area contributed by atoms with Crippen LogP contribution in [0.2, 0.25) is 0 Å². The molecule has 4 rings (SSSR count). The second-order valence-corrected chi connectivity index (χ2v) is 15.8. The highest BCUT2D eigenvalue weighted by Crippen LogP contribution is 2.32. The second-order valence-electron chi connectivity index (χ2n) is 15.8. The zero-order valence-electron chi connectivity index (χ0n) is 36.5. The molecule has 2 aromatic rings. The molecule has 0 spiro atoms. The number of aromatic amines is 1. The number of carbonyl (C=O) groups excluding carboxylic acids is 5. The lowest BCUT2D eigenvalue weighted by molar-refractivity contribution is -0.144. The van der Waals surface area contributed by atoms with E-state index in [1.807, 2.05) is 15.1 Å². The van der Waals surface area contributed by atoms with E-state index in [0.29, 0.717) is 30.3 Å². The number of anilines is 4. The van der Waals surface area contributed by atoms with Crippen molar-refractivity contribution in [1.82, 2.24) is 36.6 Å². The molecule has 0 bridgehead atoms. The van der Waals surface area contributed by atoms with Gasteiger partial charge in [0.15, 0.2) is 5.82 Å². The number of benzene rings is 1. The zero-order chi connectivity index (χ0) is 51.1. The number of nitrogens with two attached hydrogens (primary N) is 1. The Kier molecular flexibility index (Phi) is 18.7. The molecule has 29 heteroatoms. The first-order chi connectivity index (χ1) is 32.5. The summed E-state index contributed by atoms with van der Waals surface area (Å²) in [4.78, 5) is 160. The molecule has 1 fully saturated rings. The molecule has 3 heterocycles. The summed E-state index contributed by atoms with van der Waals surface area (Å²) in [5.74, 6) is -14.5. The molecule has 6 atom stereocenters. The van der Waals surface area contributed by atoms with Crippen LogP contribution in [0, 0.1) is 0 Å². The Bertz CT molecular complexity index is 2380. The molecular weight excluding hydrogens is 922 g/mol. The summed E-state index contributed by atoms with van der Waals surface area (Å²) in [6.07, 6.45) is -6.97. The van der Waals surface area contributed by atoms with E-state index in [9.17, 15) is 83.1 Å². The topological polar surface area (TPSA) is 460 Å². The number of hydrogen-bond donors (Lipinski definition) is 14. The first-order valence-electron chi connectivity index (χ1n) is 21.1. The molecule has 2 aliphatic heterocycles. The molecule has 1 saturated heterocycles. The molecule has 374 valence electrons. The largest absolute Gasteiger partial charge is 0.481 e. The minimum Gasteiger partial charge on any atom is -0.481 e. The van der Waals surface area contributed by atoms with Crippen molar-refractivity contribution in [1.29, 1.82) is 0 Å². The fourth-order valence-electron chi connectivity index (χ4n) is 7.24. The Morgan fingerprint density at radius 3 is 1.41 bits per heavy atom. The molecule has 1 aromatic carbocycles. The first-order valence-corrected chi connectivity index (χ1v) is 21.1. The third-order valence-electron chi connectivity index (χ3n) is 10.8. The molecule has 0 radical (unpaired) electrons. The molecule has 29 nitrogen and oxygen atoms in total. The quantitative estimate of drug-likeness (QED) is 0.0421. The normalized spacial score (nSPS) is 15.8. The number of carbonyl (C=O) groups is 11. The predicted molar refractivity (Wildman–Crippen MR) is 234 cm³/mol. The van der Waals surface area contributed by atoms with Crippen LogP contribution in [0.1, 0.15) is 74.6 Å². The van der Waals surface area contributed by atoms with Crippen LogP contribution in [0.4, 0.5) is 23.1 Å². The number of aromatic nitrogens is 2. The predicted octanol–water partition coefficient (Wildman–Crippen LogP) is -3.12. The van der Waals surface area contributed by atoms with Crippen molar-refractivity contribution >= 4 is 88.5 Å². The van der Waals surface area contributed by atoms with Crippen molar-refractivity contribution in [2.75, 3.05) is 40.6 Å². The summed E-state index contributed by atoms with van der Waals surface area (Å²) in [6, 6.07) is -3.15. The van der Waals surface area contributed by atoms with Crippen molar-refractivity contribution in [3.8, 4) is 0 Å². The van der Waals surface area contributed by atoms with Crippen LogP contribution in [-0.2, 0) is 47.9 Å². The minimum atomic E-state index is -1.89. The maximum absolute atomic E-state index is 13.7. The van der Waals surface area contributed by atoms with Crippen LogP contribution < -0.4 is 53.0 Å². The Labute approximate surface area is 389 Å². The third kappa shape index (κ3) is 15.8. The summed E-state index contributed by atoms with van der Waals surface area (Å²) in [5, 5.41) is 69.9. The van der Waals surface area contributed by atoms with Crippen LogP contribution in [-0.4, -0.2) is 162 Å². The Morgan fingerprint density at radius 1 is 0.609 bits per heavy atom. The van der Waals surface area contributed by atoms with E-state index in [4.69, 9.17) is 10.8 Å². The van der Waals surface area contributed by atoms with Crippen molar-refractivity contribution in [2.24, 2.45) is 0 Å². The molecule has 69 heavy (non-hydrogen) atoms. The van der Waals surface area contributed by atoms with Gasteiger partial charge in [-0.05, 0) is 56.4 Å². The van der Waals surface area contributed by atoms with Gasteiger partial charge in [0.1, 0.15) is 35.9 Å². The Balaban J connectivity index is 1.50. The molecule has 1 aromatic heterocycles. The maximum Gasteiger partial charge on any atom is 0.326 e. The molecule has 5 amide bonds. The lowest BCUT2D eigenvalue weighted by Crippen LogP contribution is -2.59. The lowest BCUT2D eigenvalue weighted by Gasteiger charge is -2.31. The molecule has 15 N–H and O–H groups in total.